The smallest absolute Gasteiger partial charge is 0.333 e. The van der Waals surface area contributed by atoms with Gasteiger partial charge in [0.05, 0.1) is 0 Å². The van der Waals surface area contributed by atoms with Gasteiger partial charge in [0, 0.05) is 25.7 Å². The molecule has 1 heterocycles. The lowest BCUT2D eigenvalue weighted by Crippen LogP contribution is -2.36. The summed E-state index contributed by atoms with van der Waals surface area (Å²) in [5.74, 6) is -0.736. The highest BCUT2D eigenvalue weighted by molar-refractivity contribution is 5.72. The summed E-state index contributed by atoms with van der Waals surface area (Å²) in [7, 11) is 0. The van der Waals surface area contributed by atoms with E-state index >= 15 is 0 Å². The van der Waals surface area contributed by atoms with E-state index in [4.69, 9.17) is 14.6 Å². The zero-order chi connectivity index (χ0) is 9.68. The van der Waals surface area contributed by atoms with Crippen molar-refractivity contribution in [3.8, 4) is 0 Å². The molecule has 1 atom stereocenters. The third-order valence-corrected chi connectivity index (χ3v) is 2.28. The van der Waals surface area contributed by atoms with Crippen molar-refractivity contribution in [1.82, 2.24) is 0 Å². The van der Waals surface area contributed by atoms with Crippen molar-refractivity contribution in [3.63, 3.8) is 0 Å². The average molecular weight is 188 g/mol. The first-order valence-corrected chi connectivity index (χ1v) is 4.68. The molecule has 0 unspecified atom stereocenters. The second kappa shape index (κ2) is 5.19. The molecule has 1 aliphatic rings. The predicted molar refractivity (Wildman–Crippen MR) is 46.6 cm³/mol. The molecule has 4 heteroatoms. The maximum Gasteiger partial charge on any atom is 0.333 e. The Morgan fingerprint density at radius 1 is 1.62 bits per heavy atom. The van der Waals surface area contributed by atoms with Crippen LogP contribution in [-0.4, -0.2) is 37.0 Å². The summed E-state index contributed by atoms with van der Waals surface area (Å²) < 4.78 is 10.3. The van der Waals surface area contributed by atoms with E-state index < -0.39 is 12.1 Å². The number of ether oxygens (including phenoxy) is 2. The molecule has 13 heavy (non-hydrogen) atoms. The van der Waals surface area contributed by atoms with E-state index in [1.165, 1.54) is 0 Å². The molecule has 76 valence electrons. The first-order valence-electron chi connectivity index (χ1n) is 4.68. The Kier molecular flexibility index (Phi) is 4.18. The maximum absolute atomic E-state index is 10.8. The molecule has 0 aromatic heterocycles. The predicted octanol–water partition coefficient (Wildman–Crippen LogP) is 0.903. The quantitative estimate of drug-likeness (QED) is 0.712. The van der Waals surface area contributed by atoms with Gasteiger partial charge in [-0.15, -0.1) is 0 Å². The molecule has 0 spiro atoms. The van der Waals surface area contributed by atoms with E-state index in [0.717, 1.165) is 12.8 Å². The number of aliphatic carboxylic acids is 1. The van der Waals surface area contributed by atoms with Crippen LogP contribution in [0.5, 0.6) is 0 Å². The van der Waals surface area contributed by atoms with Crippen molar-refractivity contribution in [3.05, 3.63) is 0 Å². The van der Waals surface area contributed by atoms with Gasteiger partial charge < -0.3 is 14.6 Å². The summed E-state index contributed by atoms with van der Waals surface area (Å²) >= 11 is 0. The van der Waals surface area contributed by atoms with Gasteiger partial charge in [0.15, 0.2) is 6.10 Å². The number of hydrogen-bond donors (Lipinski definition) is 1. The Morgan fingerprint density at radius 2 is 2.23 bits per heavy atom. The van der Waals surface area contributed by atoms with Gasteiger partial charge in [0.1, 0.15) is 0 Å². The molecule has 4 nitrogen and oxygen atoms in total. The van der Waals surface area contributed by atoms with Crippen molar-refractivity contribution >= 4 is 5.97 Å². The van der Waals surface area contributed by atoms with Gasteiger partial charge in [0.25, 0.3) is 0 Å². The summed E-state index contributed by atoms with van der Waals surface area (Å²) in [6.45, 7) is 3.58. The fraction of sp³-hybridized carbons (Fsp3) is 0.889. The molecule has 0 radical (unpaired) electrons. The van der Waals surface area contributed by atoms with Crippen LogP contribution in [0.1, 0.15) is 19.8 Å². The zero-order valence-corrected chi connectivity index (χ0v) is 7.86. The minimum Gasteiger partial charge on any atom is -0.479 e. The lowest BCUT2D eigenvalue weighted by atomic mass is 9.94. The van der Waals surface area contributed by atoms with Gasteiger partial charge >= 0.3 is 5.97 Å². The Morgan fingerprint density at radius 3 is 2.69 bits per heavy atom. The monoisotopic (exact) mass is 188 g/mol. The molecule has 0 bridgehead atoms. The second-order valence-corrected chi connectivity index (χ2v) is 3.16. The summed E-state index contributed by atoms with van der Waals surface area (Å²) in [5, 5.41) is 8.89. The van der Waals surface area contributed by atoms with Gasteiger partial charge in [-0.3, -0.25) is 0 Å². The van der Waals surface area contributed by atoms with Gasteiger partial charge in [-0.05, 0) is 19.8 Å². The van der Waals surface area contributed by atoms with Gasteiger partial charge in [-0.25, -0.2) is 4.79 Å². The highest BCUT2D eigenvalue weighted by Crippen LogP contribution is 2.21. The third kappa shape index (κ3) is 2.97. The van der Waals surface area contributed by atoms with E-state index in [1.807, 2.05) is 6.92 Å². The third-order valence-electron chi connectivity index (χ3n) is 2.28. The van der Waals surface area contributed by atoms with Crippen LogP contribution in [0.2, 0.25) is 0 Å². The van der Waals surface area contributed by atoms with E-state index in [2.05, 4.69) is 0 Å². The van der Waals surface area contributed by atoms with Gasteiger partial charge in [-0.2, -0.15) is 0 Å². The van der Waals surface area contributed by atoms with Gasteiger partial charge in [0.2, 0.25) is 0 Å². The molecular formula is C9H16O4. The Hall–Kier alpha value is -0.610. The van der Waals surface area contributed by atoms with Crippen LogP contribution >= 0.6 is 0 Å². The molecule has 1 fully saturated rings. The van der Waals surface area contributed by atoms with Crippen LogP contribution in [0.25, 0.3) is 0 Å². The van der Waals surface area contributed by atoms with Crippen molar-refractivity contribution in [2.45, 2.75) is 25.9 Å². The van der Waals surface area contributed by atoms with E-state index in [0.29, 0.717) is 19.8 Å². The standard InChI is InChI=1S/C9H16O4/c1-2-13-8(9(10)11)7-3-5-12-6-4-7/h7-8H,2-6H2,1H3,(H,10,11)/t8-/m0/s1. The number of carboxylic acid groups (broad SMARTS) is 1. The van der Waals surface area contributed by atoms with Gasteiger partial charge in [-0.1, -0.05) is 0 Å². The summed E-state index contributed by atoms with van der Waals surface area (Å²) in [5.41, 5.74) is 0. The zero-order valence-electron chi connectivity index (χ0n) is 7.86. The number of carboxylic acids is 1. The molecule has 1 aliphatic heterocycles. The molecule has 1 saturated heterocycles. The van der Waals surface area contributed by atoms with Crippen LogP contribution in [-0.2, 0) is 14.3 Å². The summed E-state index contributed by atoms with van der Waals surface area (Å²) in [6, 6.07) is 0. The average Bonchev–Trinajstić information content (AvgIpc) is 2.15. The Bertz CT molecular complexity index is 163. The number of carbonyl (C=O) groups is 1. The fourth-order valence-electron chi connectivity index (χ4n) is 1.61. The topological polar surface area (TPSA) is 55.8 Å². The van der Waals surface area contributed by atoms with Crippen LogP contribution in [0.15, 0.2) is 0 Å². The second-order valence-electron chi connectivity index (χ2n) is 3.16. The molecular weight excluding hydrogens is 172 g/mol. The minimum atomic E-state index is -0.853. The van der Waals surface area contributed by atoms with E-state index in [1.54, 1.807) is 0 Å². The molecule has 1 N–H and O–H groups in total. The summed E-state index contributed by atoms with van der Waals surface area (Å²) in [6.07, 6.45) is 0.933. The molecule has 1 rings (SSSR count). The Balaban J connectivity index is 2.46. The van der Waals surface area contributed by atoms with Crippen LogP contribution in [0.4, 0.5) is 0 Å². The number of hydrogen-bond acceptors (Lipinski definition) is 3. The first-order chi connectivity index (χ1) is 6.25. The molecule has 0 amide bonds. The first kappa shape index (κ1) is 10.5. The van der Waals surface area contributed by atoms with Crippen LogP contribution in [0, 0.1) is 5.92 Å². The van der Waals surface area contributed by atoms with Crippen LogP contribution < -0.4 is 0 Å². The van der Waals surface area contributed by atoms with Crippen LogP contribution in [0.3, 0.4) is 0 Å². The highest BCUT2D eigenvalue weighted by Gasteiger charge is 2.29. The SMILES string of the molecule is CCO[C@H](C(=O)O)C1CCOCC1. The lowest BCUT2D eigenvalue weighted by Gasteiger charge is -2.27. The largest absolute Gasteiger partial charge is 0.479 e. The number of rotatable bonds is 4. The van der Waals surface area contributed by atoms with E-state index in [-0.39, 0.29) is 5.92 Å². The molecule has 0 aromatic carbocycles. The summed E-state index contributed by atoms with van der Waals surface area (Å²) in [4.78, 5) is 10.8. The maximum atomic E-state index is 10.8. The van der Waals surface area contributed by atoms with Crippen molar-refractivity contribution < 1.29 is 19.4 Å². The molecule has 0 aliphatic carbocycles. The Labute approximate surface area is 77.8 Å². The van der Waals surface area contributed by atoms with Crippen molar-refractivity contribution in [2.24, 2.45) is 5.92 Å². The lowest BCUT2D eigenvalue weighted by molar-refractivity contribution is -0.156. The van der Waals surface area contributed by atoms with Crippen molar-refractivity contribution in [2.75, 3.05) is 19.8 Å². The molecule has 0 aromatic rings. The fourth-order valence-corrected chi connectivity index (χ4v) is 1.61. The normalized spacial score (nSPS) is 21.3. The molecule has 0 saturated carbocycles. The highest BCUT2D eigenvalue weighted by atomic mass is 16.5. The minimum absolute atomic E-state index is 0.117. The van der Waals surface area contributed by atoms with Crippen molar-refractivity contribution in [1.29, 1.82) is 0 Å². The van der Waals surface area contributed by atoms with E-state index in [9.17, 15) is 4.79 Å².